The van der Waals surface area contributed by atoms with E-state index < -0.39 is 54.3 Å². The van der Waals surface area contributed by atoms with Gasteiger partial charge < -0.3 is 14.7 Å². The molecule has 14 heteroatoms. The lowest BCUT2D eigenvalue weighted by atomic mass is 9.86. The number of aldehydes is 1. The van der Waals surface area contributed by atoms with Gasteiger partial charge in [0.1, 0.15) is 18.4 Å². The highest BCUT2D eigenvalue weighted by Gasteiger charge is 2.52. The number of likely N-dealkylation sites (tertiary alicyclic amines) is 2. The van der Waals surface area contributed by atoms with Gasteiger partial charge in [-0.3, -0.25) is 24.1 Å². The number of hydrogen-bond donors (Lipinski definition) is 0. The first-order valence-electron chi connectivity index (χ1n) is 16.6. The predicted octanol–water partition coefficient (Wildman–Crippen LogP) is 6.06. The molecule has 1 aliphatic carbocycles. The molecule has 1 aromatic carbocycles. The second-order valence-corrected chi connectivity index (χ2v) is 16.0. The molecule has 0 bridgehead atoms. The third-order valence-corrected chi connectivity index (χ3v) is 9.86. The van der Waals surface area contributed by atoms with Gasteiger partial charge in [0.05, 0.1) is 18.0 Å². The molecular formula is C35H50ClF5N4O4. The molecule has 4 unspecified atom stereocenters. The van der Waals surface area contributed by atoms with Gasteiger partial charge in [-0.25, -0.2) is 8.78 Å². The van der Waals surface area contributed by atoms with E-state index in [4.69, 9.17) is 16.4 Å². The minimum Gasteiger partial charge on any atom is -0.347 e. The van der Waals surface area contributed by atoms with Crippen LogP contribution in [0.3, 0.4) is 0 Å². The Morgan fingerprint density at radius 2 is 1.47 bits per heavy atom. The molecule has 7 atom stereocenters. The smallest absolute Gasteiger partial charge is 0.347 e. The van der Waals surface area contributed by atoms with Gasteiger partial charge in [0, 0.05) is 62.0 Å². The molecule has 3 fully saturated rings. The van der Waals surface area contributed by atoms with Gasteiger partial charge in [-0.1, -0.05) is 44.5 Å². The van der Waals surface area contributed by atoms with Crippen molar-refractivity contribution in [2.75, 3.05) is 33.7 Å². The molecule has 2 aliphatic heterocycles. The largest absolute Gasteiger partial charge is 0.446 e. The van der Waals surface area contributed by atoms with E-state index in [2.05, 4.69) is 25.7 Å². The molecule has 49 heavy (non-hydrogen) atoms. The lowest BCUT2D eigenvalue weighted by Crippen LogP contribution is -2.57. The number of benzene rings is 1. The molecule has 276 valence electrons. The first kappa shape index (κ1) is 40.6. The summed E-state index contributed by atoms with van der Waals surface area (Å²) < 4.78 is 60.8. The molecule has 0 spiro atoms. The average Bonchev–Trinajstić information content (AvgIpc) is 3.63. The highest BCUT2D eigenvalue weighted by molar-refractivity contribution is 6.30. The number of hydrogen-bond acceptors (Lipinski definition) is 5. The normalized spacial score (nSPS) is 28.0. The summed E-state index contributed by atoms with van der Waals surface area (Å²) in [5.74, 6) is -1.13. The molecular weight excluding hydrogens is 671 g/mol. The number of carbonyl (C=O) groups excluding carboxylic acids is 4. The molecule has 3 aliphatic rings. The Labute approximate surface area is 291 Å². The first-order valence-corrected chi connectivity index (χ1v) is 17.0. The van der Waals surface area contributed by atoms with Gasteiger partial charge in [0.2, 0.25) is 24.0 Å². The summed E-state index contributed by atoms with van der Waals surface area (Å²) in [4.78, 5) is 57.8. The van der Waals surface area contributed by atoms with Crippen molar-refractivity contribution in [3.63, 3.8) is 0 Å². The maximum Gasteiger partial charge on any atom is 0.446 e. The highest BCUT2D eigenvalue weighted by atomic mass is 35.5. The van der Waals surface area contributed by atoms with Crippen LogP contribution in [0.15, 0.2) is 24.3 Å². The van der Waals surface area contributed by atoms with E-state index in [1.165, 1.54) is 4.90 Å². The van der Waals surface area contributed by atoms with Crippen molar-refractivity contribution in [1.29, 1.82) is 0 Å². The Balaban J connectivity index is 0.000000992. The number of rotatable bonds is 5. The van der Waals surface area contributed by atoms with Crippen LogP contribution in [0.1, 0.15) is 78.7 Å². The summed E-state index contributed by atoms with van der Waals surface area (Å²) >= 11 is 6.18. The van der Waals surface area contributed by atoms with Crippen molar-refractivity contribution in [2.45, 2.75) is 115 Å². The molecule has 0 radical (unpaired) electrons. The summed E-state index contributed by atoms with van der Waals surface area (Å²) in [5, 5.41) is 0.618. The van der Waals surface area contributed by atoms with E-state index in [0.29, 0.717) is 18.1 Å². The number of likely N-dealkylation sites (N-methyl/N-ethyl adjacent to an activating group) is 1. The first-order chi connectivity index (χ1) is 22.5. The van der Waals surface area contributed by atoms with Crippen molar-refractivity contribution in [2.24, 2.45) is 11.3 Å². The molecule has 3 amide bonds. The van der Waals surface area contributed by atoms with Gasteiger partial charge in [-0.2, -0.15) is 13.2 Å². The van der Waals surface area contributed by atoms with Crippen LogP contribution in [-0.2, 0) is 19.2 Å². The van der Waals surface area contributed by atoms with Crippen LogP contribution in [0.5, 0.6) is 0 Å². The van der Waals surface area contributed by atoms with Crippen LogP contribution < -0.4 is 0 Å². The minimum absolute atomic E-state index is 0.111. The topological polar surface area (TPSA) is 81.2 Å². The van der Waals surface area contributed by atoms with E-state index in [0.717, 1.165) is 5.56 Å². The van der Waals surface area contributed by atoms with Crippen molar-refractivity contribution >= 4 is 35.6 Å². The van der Waals surface area contributed by atoms with Crippen LogP contribution >= 0.6 is 11.6 Å². The lowest BCUT2D eigenvalue weighted by Gasteiger charge is -2.43. The van der Waals surface area contributed by atoms with Gasteiger partial charge in [-0.05, 0) is 57.7 Å². The fourth-order valence-corrected chi connectivity index (χ4v) is 7.12. The van der Waals surface area contributed by atoms with E-state index in [1.54, 1.807) is 44.7 Å². The van der Waals surface area contributed by atoms with Crippen LogP contribution in [0.2, 0.25) is 5.02 Å². The third-order valence-electron chi connectivity index (χ3n) is 9.61. The van der Waals surface area contributed by atoms with Gasteiger partial charge in [0.15, 0.2) is 0 Å². The quantitative estimate of drug-likeness (QED) is 0.273. The molecule has 0 N–H and O–H groups in total. The summed E-state index contributed by atoms with van der Waals surface area (Å²) in [6.07, 6.45) is -8.08. The number of amides is 3. The minimum atomic E-state index is -4.64. The third kappa shape index (κ3) is 10.1. The molecule has 2 heterocycles. The van der Waals surface area contributed by atoms with E-state index >= 15 is 4.39 Å². The van der Waals surface area contributed by atoms with Crippen molar-refractivity contribution < 1.29 is 41.1 Å². The number of halogens is 6. The maximum atomic E-state index is 15.5. The van der Waals surface area contributed by atoms with Gasteiger partial charge in [0.25, 0.3) is 0 Å². The van der Waals surface area contributed by atoms with E-state index in [-0.39, 0.29) is 61.4 Å². The second-order valence-electron chi connectivity index (χ2n) is 15.6. The van der Waals surface area contributed by atoms with E-state index in [1.807, 2.05) is 24.3 Å². The zero-order valence-electron chi connectivity index (χ0n) is 29.6. The molecule has 1 aromatic rings. The summed E-state index contributed by atoms with van der Waals surface area (Å²) in [6.45, 7) is 13.1. The van der Waals surface area contributed by atoms with E-state index in [9.17, 15) is 31.9 Å². The number of nitrogens with zero attached hydrogens (tertiary/aromatic N) is 4. The second kappa shape index (κ2) is 15.6. The SMILES string of the molecule is CN(C)C(=O)[C@@H]1C[C@H](N(C(=O)C(C)(C)C)C2CCC(F)CC2F)CN1C(=O)C1CN(C(C)(C)C)C[C@H]1c1ccc(Cl)cc1.O=CC(F)(F)F. The van der Waals surface area contributed by atoms with Gasteiger partial charge >= 0.3 is 6.18 Å². The van der Waals surface area contributed by atoms with Gasteiger partial charge in [-0.15, -0.1) is 0 Å². The fraction of sp³-hybridized carbons (Fsp3) is 0.714. The van der Waals surface area contributed by atoms with Crippen molar-refractivity contribution in [1.82, 2.24) is 19.6 Å². The van der Waals surface area contributed by atoms with Crippen LogP contribution in [0, 0.1) is 11.3 Å². The molecule has 8 nitrogen and oxygen atoms in total. The fourth-order valence-electron chi connectivity index (χ4n) is 6.99. The maximum absolute atomic E-state index is 15.5. The zero-order valence-corrected chi connectivity index (χ0v) is 30.3. The number of alkyl halides is 5. The molecule has 2 saturated heterocycles. The Hall–Kier alpha value is -2.80. The van der Waals surface area contributed by atoms with Crippen molar-refractivity contribution in [3.05, 3.63) is 34.9 Å². The Kier molecular flexibility index (Phi) is 12.9. The van der Waals surface area contributed by atoms with Crippen LogP contribution in [0.4, 0.5) is 22.0 Å². The Morgan fingerprint density at radius 3 is 1.94 bits per heavy atom. The monoisotopic (exact) mass is 720 g/mol. The summed E-state index contributed by atoms with van der Waals surface area (Å²) in [6, 6.07) is 5.45. The van der Waals surface area contributed by atoms with Crippen LogP contribution in [-0.4, -0.2) is 120 Å². The van der Waals surface area contributed by atoms with Crippen LogP contribution in [0.25, 0.3) is 0 Å². The Morgan fingerprint density at radius 1 is 0.898 bits per heavy atom. The summed E-state index contributed by atoms with van der Waals surface area (Å²) in [7, 11) is 3.31. The molecule has 4 rings (SSSR count). The lowest BCUT2D eigenvalue weighted by molar-refractivity contribution is -0.156. The highest BCUT2D eigenvalue weighted by Crippen LogP contribution is 2.41. The Bertz CT molecular complexity index is 1330. The zero-order chi connectivity index (χ0) is 37.2. The average molecular weight is 721 g/mol. The van der Waals surface area contributed by atoms with Crippen molar-refractivity contribution in [3.8, 4) is 0 Å². The number of carbonyl (C=O) groups is 4. The molecule has 0 aromatic heterocycles. The molecule has 1 saturated carbocycles. The standard InChI is InChI=1S/C33H49ClF2N4O3.C2HF3O/c1-32(2,3)31(43)40(27-14-13-22(35)15-26(27)36)23-16-28(30(42)37(7)8)39(17-23)29(41)25-19-38(33(4,5)6)18-24(25)20-9-11-21(34)12-10-20;3-2(4,5)1-6/h9-12,22-28H,13-19H2,1-8H3;1H/t22?,23-,24-,25?,26?,27?,28-;/m0./s1. The predicted molar refractivity (Wildman–Crippen MR) is 177 cm³/mol. The summed E-state index contributed by atoms with van der Waals surface area (Å²) in [5.41, 5.74) is 0.0183.